The van der Waals surface area contributed by atoms with E-state index in [0.717, 1.165) is 0 Å². The van der Waals surface area contributed by atoms with Crippen LogP contribution in [0, 0.1) is 11.9 Å². The second-order valence-electron chi connectivity index (χ2n) is 0.981. The van der Waals surface area contributed by atoms with Crippen LogP contribution < -0.4 is 5.90 Å². The Morgan fingerprint density at radius 3 is 2.50 bits per heavy atom. The van der Waals surface area contributed by atoms with Gasteiger partial charge in [-0.1, -0.05) is 0 Å². The molecule has 0 unspecified atom stereocenters. The van der Waals surface area contributed by atoms with Crippen molar-refractivity contribution < 1.29 is 16.5 Å². The Balaban J connectivity index is 3.78. The molecule has 0 saturated heterocycles. The third-order valence-corrected chi connectivity index (χ3v) is 0.699. The molecule has 0 fully saturated rings. The molecule has 0 spiro atoms. The number of rotatable bonds is 1. The van der Waals surface area contributed by atoms with Gasteiger partial charge in [-0.3, -0.25) is 0 Å². The van der Waals surface area contributed by atoms with E-state index < -0.39 is 11.4 Å². The van der Waals surface area contributed by atoms with E-state index in [2.05, 4.69) is 15.0 Å². The van der Waals surface area contributed by atoms with Crippen molar-refractivity contribution in [2.24, 2.45) is 10.2 Å². The van der Waals surface area contributed by atoms with E-state index in [0.29, 0.717) is 7.07 Å². The van der Waals surface area contributed by atoms with Crippen LogP contribution in [0.15, 0.2) is 4.30 Å². The summed E-state index contributed by atoms with van der Waals surface area (Å²) in [5, 5.41) is 0. The second-order valence-corrected chi connectivity index (χ2v) is 1.96. The van der Waals surface area contributed by atoms with Crippen molar-refractivity contribution in [3.05, 3.63) is 0 Å². The Morgan fingerprint density at radius 1 is 1.50 bits per heavy atom. The van der Waals surface area contributed by atoms with E-state index in [4.69, 9.17) is 0 Å². The van der Waals surface area contributed by atoms with Crippen LogP contribution in [-0.4, -0.2) is 7.07 Å². The first-order valence-corrected chi connectivity index (χ1v) is 3.17. The molecule has 8 heteroatoms. The minimum atomic E-state index is -5.33. The normalized spacial score (nSPS) is 11.6. The molecular weight excluding hydrogens is 168 g/mol. The van der Waals surface area contributed by atoms with Gasteiger partial charge >= 0.3 is 57.1 Å². The number of nitrogens with two attached hydrogens (primary N) is 1. The molecule has 10 heavy (non-hydrogen) atoms. The van der Waals surface area contributed by atoms with Crippen LogP contribution in [0.5, 0.6) is 0 Å². The monoisotopic (exact) mass is 170 g/mol. The van der Waals surface area contributed by atoms with Gasteiger partial charge in [-0.2, -0.15) is 0 Å². The molecule has 2 N–H and O–H groups in total. The van der Waals surface area contributed by atoms with Gasteiger partial charge in [-0.15, -0.1) is 0 Å². The molecule has 0 aromatic rings. The Morgan fingerprint density at radius 2 is 2.10 bits per heavy atom. The Hall–Kier alpha value is -0.675. The van der Waals surface area contributed by atoms with Gasteiger partial charge in [0, 0.05) is 0 Å². The average Bonchev–Trinajstić information content (AvgIpc) is 1.78. The maximum atomic E-state index is 11.2. The van der Waals surface area contributed by atoms with Crippen molar-refractivity contribution in [2.75, 3.05) is 0 Å². The predicted octanol–water partition coefficient (Wildman–Crippen LogP) is 1.06. The van der Waals surface area contributed by atoms with Gasteiger partial charge in [-0.05, 0) is 0 Å². The first-order chi connectivity index (χ1) is 4.56. The zero-order valence-corrected chi connectivity index (χ0v) is 5.37. The minimum absolute atomic E-state index is 0.391. The summed E-state index contributed by atoms with van der Waals surface area (Å²) in [5.74, 6) is 6.17. The number of hydrogen-bond acceptors (Lipinski definition) is 3. The fraction of sp³-hybridized carbons (Fsp3) is 0. The molecule has 56 valence electrons. The quantitative estimate of drug-likeness (QED) is 0.363. The van der Waals surface area contributed by atoms with Crippen LogP contribution in [0.4, 0.5) is 11.7 Å². The summed E-state index contributed by atoms with van der Waals surface area (Å²) in [5.41, 5.74) is 0. The van der Waals surface area contributed by atoms with Crippen molar-refractivity contribution in [1.82, 2.24) is 0 Å². The Bertz CT molecular complexity index is 181. The zero-order valence-electron chi connectivity index (χ0n) is 4.55. The standard InChI is InChI=1S/C2H2BF3N2OS/c4-10(5,6)8-3-1-2-9-7/h7H2. The molecule has 0 atom stereocenters. The third-order valence-electron chi connectivity index (χ3n) is 0.355. The summed E-state index contributed by atoms with van der Waals surface area (Å²) in [6.07, 6.45) is 1.71. The fourth-order valence-electron chi connectivity index (χ4n) is 0.146. The molecule has 0 aliphatic carbocycles. The zero-order chi connectivity index (χ0) is 8.04. The van der Waals surface area contributed by atoms with Crippen LogP contribution in [-0.2, 0) is 4.84 Å². The first-order valence-electron chi connectivity index (χ1n) is 1.88. The molecule has 0 aromatic carbocycles. The average molecular weight is 170 g/mol. The summed E-state index contributed by atoms with van der Waals surface area (Å²) in [6, 6.07) is 0. The molecule has 0 heterocycles. The molecule has 0 aromatic heterocycles. The van der Waals surface area contributed by atoms with E-state index in [1.807, 2.05) is 0 Å². The van der Waals surface area contributed by atoms with Crippen molar-refractivity contribution in [1.29, 1.82) is 0 Å². The van der Waals surface area contributed by atoms with E-state index in [1.165, 1.54) is 0 Å². The van der Waals surface area contributed by atoms with Gasteiger partial charge < -0.3 is 0 Å². The van der Waals surface area contributed by atoms with Crippen LogP contribution in [0.1, 0.15) is 0 Å². The summed E-state index contributed by atoms with van der Waals surface area (Å²) < 4.78 is 35.8. The van der Waals surface area contributed by atoms with Crippen LogP contribution in [0.2, 0.25) is 0 Å². The van der Waals surface area contributed by atoms with Crippen molar-refractivity contribution >= 4 is 18.4 Å². The topological polar surface area (TPSA) is 47.6 Å². The van der Waals surface area contributed by atoms with Gasteiger partial charge in [0.15, 0.2) is 0 Å². The van der Waals surface area contributed by atoms with E-state index >= 15 is 0 Å². The number of halogens is 3. The van der Waals surface area contributed by atoms with Gasteiger partial charge in [0.05, 0.1) is 0 Å². The molecule has 3 nitrogen and oxygen atoms in total. The molecule has 0 rings (SSSR count). The summed E-state index contributed by atoms with van der Waals surface area (Å²) in [4.78, 5) is 3.65. The molecule has 0 aliphatic rings. The summed E-state index contributed by atoms with van der Waals surface area (Å²) >= 11 is -5.33. The summed E-state index contributed by atoms with van der Waals surface area (Å²) in [6.45, 7) is 0. The molecule has 0 radical (unpaired) electrons. The van der Waals surface area contributed by atoms with Gasteiger partial charge in [-0.25, -0.2) is 0 Å². The van der Waals surface area contributed by atoms with E-state index in [-0.39, 0.29) is 0 Å². The van der Waals surface area contributed by atoms with Crippen LogP contribution in [0.3, 0.4) is 0 Å². The van der Waals surface area contributed by atoms with Crippen molar-refractivity contribution in [2.45, 2.75) is 0 Å². The third kappa shape index (κ3) is 7.32. The summed E-state index contributed by atoms with van der Waals surface area (Å²) in [7, 11) is 0.391. The number of nitrogens with zero attached hydrogens (tertiary/aromatic N) is 1. The van der Waals surface area contributed by atoms with Crippen molar-refractivity contribution in [3.8, 4) is 11.9 Å². The first kappa shape index (κ1) is 9.32. The van der Waals surface area contributed by atoms with Crippen molar-refractivity contribution in [3.63, 3.8) is 0 Å². The van der Waals surface area contributed by atoms with Gasteiger partial charge in [0.1, 0.15) is 0 Å². The van der Waals surface area contributed by atoms with Gasteiger partial charge in [0.2, 0.25) is 0 Å². The fourth-order valence-corrected chi connectivity index (χ4v) is 0.319. The molecule has 0 saturated carbocycles. The second kappa shape index (κ2) is 4.19. The molecule has 0 amide bonds. The Kier molecular flexibility index (Phi) is 3.91. The van der Waals surface area contributed by atoms with E-state index in [1.54, 1.807) is 11.9 Å². The number of hydrogen-bond donors (Lipinski definition) is 1. The van der Waals surface area contributed by atoms with Gasteiger partial charge in [0.25, 0.3) is 0 Å². The Labute approximate surface area is 58.0 Å². The maximum absolute atomic E-state index is 11.2. The SMILES string of the molecule is NOC#C/B=N/S(F)(F)F. The van der Waals surface area contributed by atoms with Crippen LogP contribution >= 0.6 is 11.4 Å². The predicted molar refractivity (Wildman–Crippen MR) is 32.1 cm³/mol. The molecular formula is C2H2BF3N2OS. The molecule has 0 bridgehead atoms. The molecule has 0 aliphatic heterocycles. The van der Waals surface area contributed by atoms with Crippen LogP contribution in [0.25, 0.3) is 0 Å². The van der Waals surface area contributed by atoms with E-state index in [9.17, 15) is 11.7 Å².